The van der Waals surface area contributed by atoms with Crippen LogP contribution in [0.1, 0.15) is 38.5 Å². The van der Waals surface area contributed by atoms with Crippen molar-refractivity contribution in [1.82, 2.24) is 9.80 Å². The van der Waals surface area contributed by atoms with Crippen LogP contribution < -0.4 is 0 Å². The zero-order valence-electron chi connectivity index (χ0n) is 13.4. The molecule has 0 amide bonds. The molecule has 3 fully saturated rings. The fourth-order valence-electron chi connectivity index (χ4n) is 4.39. The van der Waals surface area contributed by atoms with Crippen molar-refractivity contribution in [2.45, 2.75) is 38.5 Å². The van der Waals surface area contributed by atoms with Gasteiger partial charge in [0.05, 0.1) is 6.61 Å². The maximum Gasteiger partial charge on any atom is 0.0530 e. The van der Waals surface area contributed by atoms with Gasteiger partial charge in [-0.05, 0) is 83.6 Å². The monoisotopic (exact) mass is 280 g/mol. The van der Waals surface area contributed by atoms with E-state index in [1.807, 2.05) is 7.11 Å². The van der Waals surface area contributed by atoms with Gasteiger partial charge >= 0.3 is 0 Å². The molecule has 0 bridgehead atoms. The van der Waals surface area contributed by atoms with Crippen molar-refractivity contribution < 1.29 is 4.74 Å². The average Bonchev–Trinajstić information content (AvgIpc) is 3.21. The van der Waals surface area contributed by atoms with Gasteiger partial charge in [0.2, 0.25) is 0 Å². The van der Waals surface area contributed by atoms with Gasteiger partial charge in [0.25, 0.3) is 0 Å². The molecule has 1 saturated carbocycles. The van der Waals surface area contributed by atoms with Gasteiger partial charge in [-0.3, -0.25) is 0 Å². The number of methoxy groups -OCH3 is 1. The lowest BCUT2D eigenvalue weighted by Crippen LogP contribution is -2.42. The molecule has 3 heteroatoms. The highest BCUT2D eigenvalue weighted by Crippen LogP contribution is 2.47. The van der Waals surface area contributed by atoms with Gasteiger partial charge in [0.1, 0.15) is 0 Å². The molecule has 3 aliphatic rings. The number of ether oxygens (including phenoxy) is 1. The smallest absolute Gasteiger partial charge is 0.0530 e. The molecule has 2 aliphatic heterocycles. The predicted molar refractivity (Wildman–Crippen MR) is 82.9 cm³/mol. The minimum atomic E-state index is 0.537. The van der Waals surface area contributed by atoms with E-state index in [4.69, 9.17) is 4.74 Å². The van der Waals surface area contributed by atoms with E-state index in [9.17, 15) is 0 Å². The van der Waals surface area contributed by atoms with E-state index >= 15 is 0 Å². The Morgan fingerprint density at radius 3 is 2.00 bits per heavy atom. The third-order valence-electron chi connectivity index (χ3n) is 6.03. The number of piperidine rings is 2. The second-order valence-corrected chi connectivity index (χ2v) is 7.69. The van der Waals surface area contributed by atoms with Crippen LogP contribution in [0.25, 0.3) is 0 Å². The molecule has 0 aromatic rings. The highest BCUT2D eigenvalue weighted by atomic mass is 16.5. The Morgan fingerprint density at radius 1 is 0.950 bits per heavy atom. The number of hydrogen-bond donors (Lipinski definition) is 0. The van der Waals surface area contributed by atoms with Gasteiger partial charge in [-0.25, -0.2) is 0 Å². The molecule has 0 unspecified atom stereocenters. The zero-order valence-corrected chi connectivity index (χ0v) is 13.4. The van der Waals surface area contributed by atoms with Crippen LogP contribution >= 0.6 is 0 Å². The third kappa shape index (κ3) is 3.55. The number of rotatable bonds is 5. The van der Waals surface area contributed by atoms with Crippen LogP contribution in [0.5, 0.6) is 0 Å². The van der Waals surface area contributed by atoms with E-state index in [1.165, 1.54) is 71.2 Å². The van der Waals surface area contributed by atoms with Crippen LogP contribution in [-0.4, -0.2) is 63.3 Å². The molecular formula is C17H32N2O. The van der Waals surface area contributed by atoms with Crippen LogP contribution in [-0.2, 0) is 4.74 Å². The molecule has 20 heavy (non-hydrogen) atoms. The van der Waals surface area contributed by atoms with Crippen LogP contribution in [0.4, 0.5) is 0 Å². The summed E-state index contributed by atoms with van der Waals surface area (Å²) in [5.41, 5.74) is 0.537. The lowest BCUT2D eigenvalue weighted by molar-refractivity contribution is 0.0702. The standard InChI is InChI=1S/C17H32N2O/c1-18-9-3-15(4-10-18)16-5-11-19(12-6-16)13-17(7-8-17)14-20-2/h15-16H,3-14H2,1-2H3. The summed E-state index contributed by atoms with van der Waals surface area (Å²) in [5.74, 6) is 2.03. The molecule has 0 spiro atoms. The van der Waals surface area contributed by atoms with Gasteiger partial charge in [-0.15, -0.1) is 0 Å². The summed E-state index contributed by atoms with van der Waals surface area (Å²) < 4.78 is 5.41. The number of hydrogen-bond acceptors (Lipinski definition) is 3. The Kier molecular flexibility index (Phi) is 4.68. The van der Waals surface area contributed by atoms with E-state index < -0.39 is 0 Å². The third-order valence-corrected chi connectivity index (χ3v) is 6.03. The normalized spacial score (nSPS) is 29.7. The van der Waals surface area contributed by atoms with Crippen LogP contribution in [0.3, 0.4) is 0 Å². The van der Waals surface area contributed by atoms with Crippen molar-refractivity contribution >= 4 is 0 Å². The minimum Gasteiger partial charge on any atom is -0.384 e. The highest BCUT2D eigenvalue weighted by Gasteiger charge is 2.44. The molecule has 0 radical (unpaired) electrons. The van der Waals surface area contributed by atoms with Gasteiger partial charge in [-0.1, -0.05) is 0 Å². The summed E-state index contributed by atoms with van der Waals surface area (Å²) in [7, 11) is 4.12. The molecule has 3 rings (SSSR count). The van der Waals surface area contributed by atoms with Crippen molar-refractivity contribution in [3.8, 4) is 0 Å². The maximum absolute atomic E-state index is 5.41. The molecule has 116 valence electrons. The summed E-state index contributed by atoms with van der Waals surface area (Å²) in [6.07, 6.45) is 8.53. The van der Waals surface area contributed by atoms with Gasteiger partial charge in [0.15, 0.2) is 0 Å². The van der Waals surface area contributed by atoms with E-state index in [2.05, 4.69) is 16.8 Å². The SMILES string of the molecule is COCC1(CN2CCC(C3CCN(C)CC3)CC2)CC1. The van der Waals surface area contributed by atoms with E-state index in [0.717, 1.165) is 18.4 Å². The topological polar surface area (TPSA) is 15.7 Å². The molecule has 2 saturated heterocycles. The molecule has 0 aromatic carbocycles. The van der Waals surface area contributed by atoms with Crippen molar-refractivity contribution in [3.05, 3.63) is 0 Å². The second-order valence-electron chi connectivity index (χ2n) is 7.69. The summed E-state index contributed by atoms with van der Waals surface area (Å²) in [6, 6.07) is 0. The molecule has 2 heterocycles. The van der Waals surface area contributed by atoms with Crippen LogP contribution in [0.15, 0.2) is 0 Å². The average molecular weight is 280 g/mol. The summed E-state index contributed by atoms with van der Waals surface area (Å²) in [6.45, 7) is 7.58. The predicted octanol–water partition coefficient (Wildman–Crippen LogP) is 2.47. The molecule has 0 aromatic heterocycles. The lowest BCUT2D eigenvalue weighted by Gasteiger charge is -2.40. The number of nitrogens with zero attached hydrogens (tertiary/aromatic N) is 2. The Morgan fingerprint density at radius 2 is 1.50 bits per heavy atom. The Labute approximate surface area is 124 Å². The van der Waals surface area contributed by atoms with E-state index in [-0.39, 0.29) is 0 Å². The molecule has 1 aliphatic carbocycles. The molecule has 0 atom stereocenters. The van der Waals surface area contributed by atoms with Crippen LogP contribution in [0, 0.1) is 17.3 Å². The van der Waals surface area contributed by atoms with Crippen molar-refractivity contribution in [1.29, 1.82) is 0 Å². The van der Waals surface area contributed by atoms with Crippen molar-refractivity contribution in [3.63, 3.8) is 0 Å². The second kappa shape index (κ2) is 6.33. The first-order valence-corrected chi connectivity index (χ1v) is 8.61. The van der Waals surface area contributed by atoms with Gasteiger partial charge in [0, 0.05) is 19.1 Å². The maximum atomic E-state index is 5.41. The fraction of sp³-hybridized carbons (Fsp3) is 1.00. The lowest BCUT2D eigenvalue weighted by atomic mass is 9.79. The van der Waals surface area contributed by atoms with Crippen molar-refractivity contribution in [2.24, 2.45) is 17.3 Å². The Bertz CT molecular complexity index is 300. The fourth-order valence-corrected chi connectivity index (χ4v) is 4.39. The zero-order chi connectivity index (χ0) is 14.0. The largest absolute Gasteiger partial charge is 0.384 e. The minimum absolute atomic E-state index is 0.537. The Balaban J connectivity index is 1.41. The molecular weight excluding hydrogens is 248 g/mol. The van der Waals surface area contributed by atoms with Crippen molar-refractivity contribution in [2.75, 3.05) is 53.5 Å². The summed E-state index contributed by atoms with van der Waals surface area (Å²) >= 11 is 0. The van der Waals surface area contributed by atoms with Gasteiger partial charge < -0.3 is 14.5 Å². The first-order valence-electron chi connectivity index (χ1n) is 8.61. The quantitative estimate of drug-likeness (QED) is 0.769. The summed E-state index contributed by atoms with van der Waals surface area (Å²) in [5, 5.41) is 0. The van der Waals surface area contributed by atoms with E-state index in [0.29, 0.717) is 5.41 Å². The number of likely N-dealkylation sites (tertiary alicyclic amines) is 2. The highest BCUT2D eigenvalue weighted by molar-refractivity contribution is 4.96. The molecule has 3 nitrogen and oxygen atoms in total. The van der Waals surface area contributed by atoms with Gasteiger partial charge in [-0.2, -0.15) is 0 Å². The first kappa shape index (κ1) is 14.8. The Hall–Kier alpha value is -0.120. The first-order chi connectivity index (χ1) is 9.71. The van der Waals surface area contributed by atoms with Crippen LogP contribution in [0.2, 0.25) is 0 Å². The van der Waals surface area contributed by atoms with E-state index in [1.54, 1.807) is 0 Å². The molecule has 0 N–H and O–H groups in total. The summed E-state index contributed by atoms with van der Waals surface area (Å²) in [4.78, 5) is 5.21.